The molecule has 0 saturated carbocycles. The Bertz CT molecular complexity index is 2750. The zero-order valence-corrected chi connectivity index (χ0v) is 40.8. The zero-order chi connectivity index (χ0) is 47.5. The number of thiophene rings is 2. The van der Waals surface area contributed by atoms with Gasteiger partial charge in [0.15, 0.2) is 5.82 Å². The minimum atomic E-state index is -0.551. The lowest BCUT2D eigenvalue weighted by molar-refractivity contribution is -0.122. The van der Waals surface area contributed by atoms with E-state index in [1.165, 1.54) is 16.2 Å². The normalized spacial score (nSPS) is 13.1. The average Bonchev–Trinajstić information content (AvgIpc) is 3.94. The van der Waals surface area contributed by atoms with Gasteiger partial charge in [0.05, 0.1) is 63.9 Å². The first-order valence-electron chi connectivity index (χ1n) is 21.8. The minimum Gasteiger partial charge on any atom is -0.379 e. The maximum Gasteiger partial charge on any atom is 0.255 e. The molecule has 19 heteroatoms. The summed E-state index contributed by atoms with van der Waals surface area (Å²) in [4.78, 5) is 57.4. The molecule has 3 aromatic heterocycles. The van der Waals surface area contributed by atoms with E-state index in [1.807, 2.05) is 85.1 Å². The van der Waals surface area contributed by atoms with Crippen molar-refractivity contribution in [1.82, 2.24) is 30.7 Å². The van der Waals surface area contributed by atoms with E-state index in [0.717, 1.165) is 54.6 Å². The van der Waals surface area contributed by atoms with Crippen LogP contribution >= 0.6 is 45.9 Å². The summed E-state index contributed by atoms with van der Waals surface area (Å²) in [6.07, 6.45) is 0.806. The lowest BCUT2D eigenvalue weighted by Crippen LogP contribution is -2.36. The van der Waals surface area contributed by atoms with Crippen LogP contribution in [0.1, 0.15) is 72.7 Å². The molecule has 1 aliphatic rings. The molecule has 4 heterocycles. The largest absolute Gasteiger partial charge is 0.379 e. The molecule has 0 unspecified atom stereocenters. The molecular weight excluding hydrogens is 936 g/mol. The van der Waals surface area contributed by atoms with E-state index >= 15 is 0 Å². The molecule has 6 aromatic rings. The van der Waals surface area contributed by atoms with Crippen LogP contribution in [0.4, 0.5) is 5.00 Å². The Labute approximate surface area is 406 Å². The first kappa shape index (κ1) is 49.4. The van der Waals surface area contributed by atoms with E-state index in [-0.39, 0.29) is 30.7 Å². The Hall–Kier alpha value is -5.53. The Morgan fingerprint density at radius 2 is 1.46 bits per heavy atom. The van der Waals surface area contributed by atoms with Gasteiger partial charge < -0.3 is 35.5 Å². The minimum absolute atomic E-state index is 0.0951. The number of hydrogen-bond donors (Lipinski definition) is 4. The molecule has 0 spiro atoms. The van der Waals surface area contributed by atoms with Gasteiger partial charge in [-0.25, -0.2) is 0 Å². The molecule has 0 radical (unpaired) electrons. The highest BCUT2D eigenvalue weighted by atomic mass is 35.5. The molecule has 3 aromatic carbocycles. The molecule has 352 valence electrons. The molecule has 0 aliphatic carbocycles. The predicted molar refractivity (Wildman–Crippen MR) is 264 cm³/mol. The zero-order valence-electron chi connectivity index (χ0n) is 37.6. The van der Waals surface area contributed by atoms with Crippen LogP contribution in [0.3, 0.4) is 0 Å². The summed E-state index contributed by atoms with van der Waals surface area (Å²) in [6.45, 7) is 10.9. The van der Waals surface area contributed by atoms with Gasteiger partial charge in [0.25, 0.3) is 5.91 Å². The number of ether oxygens (including phenoxy) is 3. The van der Waals surface area contributed by atoms with Crippen LogP contribution in [-0.2, 0) is 41.6 Å². The third-order valence-electron chi connectivity index (χ3n) is 11.0. The van der Waals surface area contributed by atoms with Gasteiger partial charge in [0, 0.05) is 44.2 Å². The number of hydrogen-bond acceptors (Lipinski definition) is 12. The Morgan fingerprint density at radius 1 is 0.761 bits per heavy atom. The van der Waals surface area contributed by atoms with Crippen molar-refractivity contribution < 1.29 is 33.4 Å². The molecule has 1 aliphatic heterocycles. The van der Waals surface area contributed by atoms with Crippen molar-refractivity contribution in [2.45, 2.75) is 53.1 Å². The number of amides is 4. The summed E-state index contributed by atoms with van der Waals surface area (Å²) >= 11 is 14.9. The maximum atomic E-state index is 13.2. The fraction of sp³-hybridized carbons (Fsp3) is 0.354. The Kier molecular flexibility index (Phi) is 17.3. The number of alkyl halides is 1. The highest BCUT2D eigenvalue weighted by Crippen LogP contribution is 2.40. The molecular formula is C48H52Cl2N8O7S2. The van der Waals surface area contributed by atoms with Gasteiger partial charge in [0.2, 0.25) is 17.7 Å². The van der Waals surface area contributed by atoms with Crippen molar-refractivity contribution >= 4 is 90.3 Å². The second-order valence-corrected chi connectivity index (χ2v) is 18.8. The third-order valence-corrected chi connectivity index (χ3v) is 13.7. The van der Waals surface area contributed by atoms with Crippen LogP contribution in [0, 0.1) is 27.7 Å². The quantitative estimate of drug-likeness (QED) is 0.0399. The SMILES string of the molecule is Cc1ccc2sc(NC(=O)CCl)c(C(=O)NCC(=O)NCc3ccc(CCOCCOCCOCCNC(=O)C[C@@H]4N=C(c5ccc(Cl)cc5)c5c(sc(C)c5C)-n5c(C)nnc54)cc3)c2c1. The summed E-state index contributed by atoms with van der Waals surface area (Å²) in [5.41, 5.74) is 7.11. The molecule has 7 rings (SSSR count). The molecule has 0 saturated heterocycles. The second-order valence-electron chi connectivity index (χ2n) is 15.8. The number of nitrogens with one attached hydrogen (secondary N) is 4. The van der Waals surface area contributed by atoms with Crippen LogP contribution in [0.25, 0.3) is 15.1 Å². The maximum absolute atomic E-state index is 13.2. The molecule has 15 nitrogen and oxygen atoms in total. The van der Waals surface area contributed by atoms with Crippen molar-refractivity contribution in [3.05, 3.63) is 127 Å². The average molecular weight is 988 g/mol. The smallest absolute Gasteiger partial charge is 0.255 e. The van der Waals surface area contributed by atoms with Crippen molar-refractivity contribution in [1.29, 1.82) is 0 Å². The highest BCUT2D eigenvalue weighted by molar-refractivity contribution is 7.23. The van der Waals surface area contributed by atoms with E-state index in [9.17, 15) is 19.2 Å². The first-order valence-corrected chi connectivity index (χ1v) is 24.3. The van der Waals surface area contributed by atoms with Gasteiger partial charge in [0.1, 0.15) is 27.7 Å². The lowest BCUT2D eigenvalue weighted by Gasteiger charge is -2.13. The van der Waals surface area contributed by atoms with Crippen LogP contribution in [0.5, 0.6) is 0 Å². The van der Waals surface area contributed by atoms with Gasteiger partial charge in [-0.15, -0.1) is 44.5 Å². The fourth-order valence-electron chi connectivity index (χ4n) is 7.40. The van der Waals surface area contributed by atoms with Crippen molar-refractivity contribution in [2.24, 2.45) is 4.99 Å². The standard InChI is InChI=1S/C48H52Cl2N8O7S2/c1-28-5-14-38-36(23-28)43(47(67-38)55-40(60)25-49)46(62)53-27-41(61)52-26-33-8-6-32(7-9-33)15-17-63-19-21-65-22-20-64-18-16-51-39(59)24-37-45-57-56-31(4)58(45)48-42(29(2)30(3)66-48)44(54-37)34-10-12-35(50)13-11-34/h5-14,23,37H,15-22,24-27H2,1-4H3,(H,51,59)(H,52,61)(H,53,62)(H,55,60)/t37-/m0/s1. The summed E-state index contributed by atoms with van der Waals surface area (Å²) in [5, 5.41) is 22.7. The van der Waals surface area contributed by atoms with E-state index in [4.69, 9.17) is 42.4 Å². The van der Waals surface area contributed by atoms with Gasteiger partial charge in [-0.1, -0.05) is 59.6 Å². The van der Waals surface area contributed by atoms with Crippen molar-refractivity contribution in [3.63, 3.8) is 0 Å². The monoisotopic (exact) mass is 986 g/mol. The van der Waals surface area contributed by atoms with Crippen LogP contribution in [-0.4, -0.2) is 103 Å². The van der Waals surface area contributed by atoms with E-state index in [0.29, 0.717) is 85.9 Å². The van der Waals surface area contributed by atoms with Gasteiger partial charge in [-0.2, -0.15) is 0 Å². The van der Waals surface area contributed by atoms with Crippen LogP contribution in [0.2, 0.25) is 5.02 Å². The first-order chi connectivity index (χ1) is 32.4. The van der Waals surface area contributed by atoms with Crippen LogP contribution < -0.4 is 21.3 Å². The van der Waals surface area contributed by atoms with Gasteiger partial charge >= 0.3 is 0 Å². The predicted octanol–water partition coefficient (Wildman–Crippen LogP) is 7.34. The number of aliphatic imine (C=N–C) groups is 1. The number of aryl methyl sites for hydroxylation is 3. The summed E-state index contributed by atoms with van der Waals surface area (Å²) in [5.74, 6) is -0.289. The molecule has 67 heavy (non-hydrogen) atoms. The number of carbonyl (C=O) groups is 4. The fourth-order valence-corrected chi connectivity index (χ4v) is 9.90. The number of fused-ring (bicyclic) bond motifs is 4. The topological polar surface area (TPSA) is 187 Å². The number of halogens is 2. The number of aromatic nitrogens is 3. The molecule has 1 atom stereocenters. The number of benzene rings is 3. The number of anilines is 1. The molecule has 0 fully saturated rings. The van der Waals surface area contributed by atoms with Crippen LogP contribution in [0.15, 0.2) is 71.7 Å². The summed E-state index contributed by atoms with van der Waals surface area (Å²) in [6, 6.07) is 20.6. The van der Waals surface area contributed by atoms with E-state index in [1.54, 1.807) is 11.3 Å². The Balaban J connectivity index is 0.747. The number of carbonyl (C=O) groups excluding carboxylic acids is 4. The second kappa shape index (κ2) is 23.5. The summed E-state index contributed by atoms with van der Waals surface area (Å²) in [7, 11) is 0. The van der Waals surface area contributed by atoms with Gasteiger partial charge in [-0.3, -0.25) is 28.7 Å². The van der Waals surface area contributed by atoms with E-state index < -0.39 is 17.9 Å². The third kappa shape index (κ3) is 12.7. The van der Waals surface area contributed by atoms with Gasteiger partial charge in [-0.05, 0) is 75.1 Å². The van der Waals surface area contributed by atoms with E-state index in [2.05, 4.69) is 45.3 Å². The Morgan fingerprint density at radius 3 is 2.19 bits per heavy atom. The highest BCUT2D eigenvalue weighted by Gasteiger charge is 2.32. The molecule has 4 N–H and O–H groups in total. The number of nitrogens with zero attached hydrogens (tertiary/aromatic N) is 4. The number of rotatable bonds is 22. The molecule has 4 amide bonds. The lowest BCUT2D eigenvalue weighted by atomic mass is 9.99. The van der Waals surface area contributed by atoms with Crippen molar-refractivity contribution in [3.8, 4) is 5.00 Å². The van der Waals surface area contributed by atoms with Crippen molar-refractivity contribution in [2.75, 3.05) is 63.9 Å². The molecule has 0 bridgehead atoms. The summed E-state index contributed by atoms with van der Waals surface area (Å²) < 4.78 is 20.0.